The van der Waals surface area contributed by atoms with Crippen LogP contribution in [0, 0.1) is 0 Å². The molecule has 0 atom stereocenters. The van der Waals surface area contributed by atoms with Gasteiger partial charge >= 0.3 is 6.18 Å². The Balaban J connectivity index is 0.00000210. The van der Waals surface area contributed by atoms with Crippen LogP contribution >= 0.6 is 12.4 Å². The van der Waals surface area contributed by atoms with Crippen LogP contribution in [0.1, 0.15) is 11.1 Å². The first-order valence-corrected chi connectivity index (χ1v) is 7.89. The summed E-state index contributed by atoms with van der Waals surface area (Å²) in [5, 5.41) is 4.33. The Labute approximate surface area is 159 Å². The number of aromatic nitrogens is 4. The zero-order chi connectivity index (χ0) is 18.1. The quantitative estimate of drug-likeness (QED) is 0.495. The lowest BCUT2D eigenvalue weighted by atomic mass is 10.0. The van der Waals surface area contributed by atoms with Crippen molar-refractivity contribution >= 4 is 23.4 Å². The highest BCUT2D eigenvalue weighted by Gasteiger charge is 2.30. The monoisotopic (exact) mass is 390 g/mol. The van der Waals surface area contributed by atoms with E-state index >= 15 is 0 Å². The topological polar surface area (TPSA) is 43.6 Å². The van der Waals surface area contributed by atoms with Crippen LogP contribution in [0.4, 0.5) is 13.2 Å². The van der Waals surface area contributed by atoms with Gasteiger partial charge in [-0.25, -0.2) is 0 Å². The zero-order valence-corrected chi connectivity index (χ0v) is 14.7. The molecule has 0 saturated heterocycles. The van der Waals surface area contributed by atoms with Gasteiger partial charge in [0.2, 0.25) is 0 Å². The summed E-state index contributed by atoms with van der Waals surface area (Å²) in [6, 6.07) is 10.8. The van der Waals surface area contributed by atoms with Crippen LogP contribution in [0.3, 0.4) is 0 Å². The van der Waals surface area contributed by atoms with E-state index in [0.29, 0.717) is 23.2 Å². The largest absolute Gasteiger partial charge is 0.416 e. The number of hydrogen-bond acceptors (Lipinski definition) is 3. The second-order valence-electron chi connectivity index (χ2n) is 5.87. The molecule has 0 spiro atoms. The lowest BCUT2D eigenvalue weighted by Crippen LogP contribution is -2.04. The summed E-state index contributed by atoms with van der Waals surface area (Å²) in [5.41, 5.74) is 2.80. The third-order valence-electron chi connectivity index (χ3n) is 4.07. The maximum absolute atomic E-state index is 13.0. The van der Waals surface area contributed by atoms with Crippen molar-refractivity contribution in [2.24, 2.45) is 0 Å². The molecule has 4 nitrogen and oxygen atoms in total. The van der Waals surface area contributed by atoms with Gasteiger partial charge in [-0.1, -0.05) is 18.2 Å². The molecule has 0 saturated carbocycles. The van der Waals surface area contributed by atoms with Crippen LogP contribution < -0.4 is 0 Å². The summed E-state index contributed by atoms with van der Waals surface area (Å²) in [5.74, 6) is 0. The van der Waals surface area contributed by atoms with E-state index in [9.17, 15) is 13.2 Å². The van der Waals surface area contributed by atoms with Crippen LogP contribution in [0.15, 0.2) is 67.3 Å². The predicted octanol–water partition coefficient (Wildman–Crippen LogP) is 4.98. The first-order chi connectivity index (χ1) is 12.5. The van der Waals surface area contributed by atoms with Crippen molar-refractivity contribution in [2.75, 3.05) is 0 Å². The first kappa shape index (κ1) is 18.8. The Morgan fingerprint density at radius 2 is 1.78 bits per heavy atom. The molecule has 0 amide bonds. The molecule has 0 aliphatic heterocycles. The number of benzene rings is 1. The van der Waals surface area contributed by atoms with Gasteiger partial charge in [0.1, 0.15) is 5.52 Å². The highest BCUT2D eigenvalue weighted by molar-refractivity contribution is 5.85. The summed E-state index contributed by atoms with van der Waals surface area (Å²) in [4.78, 5) is 8.41. The molecule has 0 unspecified atom stereocenters. The summed E-state index contributed by atoms with van der Waals surface area (Å²) in [7, 11) is 0. The van der Waals surface area contributed by atoms with Crippen LogP contribution in [-0.4, -0.2) is 19.7 Å². The second kappa shape index (κ2) is 7.36. The summed E-state index contributed by atoms with van der Waals surface area (Å²) in [6.45, 7) is 0.505. The van der Waals surface area contributed by atoms with E-state index in [1.54, 1.807) is 41.6 Å². The van der Waals surface area contributed by atoms with E-state index in [-0.39, 0.29) is 12.4 Å². The number of halogens is 4. The smallest absolute Gasteiger partial charge is 0.264 e. The molecule has 0 fully saturated rings. The van der Waals surface area contributed by atoms with Gasteiger partial charge in [-0.05, 0) is 35.4 Å². The fourth-order valence-corrected chi connectivity index (χ4v) is 2.78. The van der Waals surface area contributed by atoms with E-state index in [0.717, 1.165) is 23.2 Å². The number of hydrogen-bond donors (Lipinski definition) is 0. The van der Waals surface area contributed by atoms with Gasteiger partial charge in [0.15, 0.2) is 0 Å². The highest BCUT2D eigenvalue weighted by atomic mass is 35.5. The van der Waals surface area contributed by atoms with Crippen molar-refractivity contribution in [1.29, 1.82) is 0 Å². The Morgan fingerprint density at radius 3 is 2.52 bits per heavy atom. The molecule has 4 rings (SSSR count). The van der Waals surface area contributed by atoms with Crippen LogP contribution in [0.2, 0.25) is 0 Å². The molecule has 8 heteroatoms. The fourth-order valence-electron chi connectivity index (χ4n) is 2.78. The van der Waals surface area contributed by atoms with Gasteiger partial charge in [-0.3, -0.25) is 14.6 Å². The molecule has 3 aromatic heterocycles. The molecule has 0 radical (unpaired) electrons. The molecule has 0 bridgehead atoms. The second-order valence-corrected chi connectivity index (χ2v) is 5.87. The minimum atomic E-state index is -4.38. The van der Waals surface area contributed by atoms with Gasteiger partial charge < -0.3 is 0 Å². The third kappa shape index (κ3) is 3.93. The van der Waals surface area contributed by atoms with Gasteiger partial charge in [0.05, 0.1) is 23.8 Å². The first-order valence-electron chi connectivity index (χ1n) is 7.89. The normalized spacial score (nSPS) is 11.4. The van der Waals surface area contributed by atoms with E-state index in [4.69, 9.17) is 0 Å². The standard InChI is InChI=1S/C19H13F3N4.ClH/c20-19(21,22)16-5-1-4-14(7-16)15-8-18-17(24-10-15)11-25-26(18)12-13-3-2-6-23-9-13;/h1-11H,12H2;1H. The SMILES string of the molecule is Cl.FC(F)(F)c1cccc(-c2cnc3cnn(Cc4cccnc4)c3c2)c1. The van der Waals surface area contributed by atoms with Gasteiger partial charge in [-0.2, -0.15) is 18.3 Å². The van der Waals surface area contributed by atoms with Gasteiger partial charge in [-0.15, -0.1) is 12.4 Å². The number of nitrogens with zero attached hydrogens (tertiary/aromatic N) is 4. The Bertz CT molecular complexity index is 1060. The van der Waals surface area contributed by atoms with E-state index in [1.165, 1.54) is 6.07 Å². The summed E-state index contributed by atoms with van der Waals surface area (Å²) in [6.07, 6.45) is 2.26. The minimum Gasteiger partial charge on any atom is -0.264 e. The molecular formula is C19H14ClF3N4. The number of fused-ring (bicyclic) bond motifs is 1. The zero-order valence-electron chi connectivity index (χ0n) is 13.9. The highest BCUT2D eigenvalue weighted by Crippen LogP contribution is 2.32. The van der Waals surface area contributed by atoms with Crippen LogP contribution in [-0.2, 0) is 12.7 Å². The van der Waals surface area contributed by atoms with Gasteiger partial charge in [0.25, 0.3) is 0 Å². The molecule has 0 aliphatic carbocycles. The average molecular weight is 391 g/mol. The Hall–Kier alpha value is -2.93. The molecule has 0 aliphatic rings. The number of pyridine rings is 2. The molecular weight excluding hydrogens is 377 g/mol. The molecule has 1 aromatic carbocycles. The van der Waals surface area contributed by atoms with Crippen LogP contribution in [0.5, 0.6) is 0 Å². The Morgan fingerprint density at radius 1 is 0.926 bits per heavy atom. The van der Waals surface area contributed by atoms with E-state index in [1.807, 2.05) is 12.1 Å². The van der Waals surface area contributed by atoms with Crippen molar-refractivity contribution in [3.8, 4) is 11.1 Å². The molecule has 4 aromatic rings. The predicted molar refractivity (Wildman–Crippen MR) is 98.6 cm³/mol. The Kier molecular flexibility index (Phi) is 5.14. The number of rotatable bonds is 3. The van der Waals surface area contributed by atoms with Crippen molar-refractivity contribution in [2.45, 2.75) is 12.7 Å². The molecule has 27 heavy (non-hydrogen) atoms. The maximum atomic E-state index is 13.0. The van der Waals surface area contributed by atoms with Gasteiger partial charge in [0, 0.05) is 24.2 Å². The lowest BCUT2D eigenvalue weighted by Gasteiger charge is -2.09. The lowest BCUT2D eigenvalue weighted by molar-refractivity contribution is -0.137. The van der Waals surface area contributed by atoms with Crippen molar-refractivity contribution in [3.63, 3.8) is 0 Å². The van der Waals surface area contributed by atoms with Crippen molar-refractivity contribution < 1.29 is 13.2 Å². The number of alkyl halides is 3. The average Bonchev–Trinajstić information content (AvgIpc) is 3.04. The molecule has 138 valence electrons. The maximum Gasteiger partial charge on any atom is 0.416 e. The summed E-state index contributed by atoms with van der Waals surface area (Å²) >= 11 is 0. The van der Waals surface area contributed by atoms with Crippen molar-refractivity contribution in [3.05, 3.63) is 78.4 Å². The fraction of sp³-hybridized carbons (Fsp3) is 0.105. The van der Waals surface area contributed by atoms with Crippen LogP contribution in [0.25, 0.3) is 22.2 Å². The molecule has 3 heterocycles. The summed E-state index contributed by atoms with van der Waals surface area (Å²) < 4.78 is 40.6. The minimum absolute atomic E-state index is 0. The van der Waals surface area contributed by atoms with E-state index < -0.39 is 11.7 Å². The molecule has 0 N–H and O–H groups in total. The van der Waals surface area contributed by atoms with E-state index in [2.05, 4.69) is 15.1 Å². The third-order valence-corrected chi connectivity index (χ3v) is 4.07. The van der Waals surface area contributed by atoms with Crippen molar-refractivity contribution in [1.82, 2.24) is 19.7 Å².